The predicted octanol–water partition coefficient (Wildman–Crippen LogP) is 3.78. The average molecular weight is 522 g/mol. The van der Waals surface area contributed by atoms with E-state index in [1.54, 1.807) is 12.1 Å². The van der Waals surface area contributed by atoms with Crippen molar-refractivity contribution in [2.45, 2.75) is 50.7 Å². The second kappa shape index (κ2) is 12.7. The molecule has 3 rings (SSSR count). The highest BCUT2D eigenvalue weighted by molar-refractivity contribution is 7.89. The molecule has 0 fully saturated rings. The van der Waals surface area contributed by atoms with Crippen molar-refractivity contribution in [1.29, 1.82) is 0 Å². The molecule has 1 N–H and O–H groups in total. The number of carbonyl (C=O) groups excluding carboxylic acids is 2. The fraction of sp³-hybridized carbons (Fsp3) is 0.310. The van der Waals surface area contributed by atoms with E-state index in [0.717, 1.165) is 21.0 Å². The van der Waals surface area contributed by atoms with Crippen LogP contribution < -0.4 is 5.32 Å². The van der Waals surface area contributed by atoms with Gasteiger partial charge in [-0.2, -0.15) is 4.31 Å². The summed E-state index contributed by atoms with van der Waals surface area (Å²) in [7, 11) is -2.51. The number of aryl methyl sites for hydroxylation is 1. The van der Waals surface area contributed by atoms with Gasteiger partial charge in [-0.05, 0) is 44.0 Å². The quantitative estimate of drug-likeness (QED) is 0.416. The first-order chi connectivity index (χ1) is 17.6. The third-order valence-electron chi connectivity index (χ3n) is 5.98. The van der Waals surface area contributed by atoms with Crippen molar-refractivity contribution < 1.29 is 18.0 Å². The summed E-state index contributed by atoms with van der Waals surface area (Å²) in [6.45, 7) is 5.37. The fourth-order valence-corrected chi connectivity index (χ4v) is 5.09. The molecule has 1 atom stereocenters. The normalized spacial score (nSPS) is 12.4. The average Bonchev–Trinajstić information content (AvgIpc) is 2.87. The number of hydrogen-bond donors (Lipinski definition) is 1. The Bertz CT molecular complexity index is 1280. The highest BCUT2D eigenvalue weighted by Crippen LogP contribution is 2.18. The van der Waals surface area contributed by atoms with Crippen molar-refractivity contribution in [3.05, 3.63) is 102 Å². The number of amides is 2. The summed E-state index contributed by atoms with van der Waals surface area (Å²) in [4.78, 5) is 28.7. The molecule has 0 aliphatic heterocycles. The number of benzene rings is 3. The first kappa shape index (κ1) is 28.1. The van der Waals surface area contributed by atoms with E-state index in [1.807, 2.05) is 81.4 Å². The minimum absolute atomic E-state index is 0.112. The van der Waals surface area contributed by atoms with E-state index in [4.69, 9.17) is 0 Å². The van der Waals surface area contributed by atoms with Gasteiger partial charge in [-0.1, -0.05) is 78.4 Å². The molecule has 0 aliphatic rings. The van der Waals surface area contributed by atoms with E-state index in [2.05, 4.69) is 5.32 Å². The minimum Gasteiger partial charge on any atom is -0.352 e. The SMILES string of the molecule is Cc1ccc(S(=O)(=O)N(C)CC(=O)N(Cc2ccccc2)[C@H](Cc2ccccc2)C(=O)NC(C)C)cc1. The molecule has 0 radical (unpaired) electrons. The van der Waals surface area contributed by atoms with E-state index in [9.17, 15) is 18.0 Å². The van der Waals surface area contributed by atoms with Gasteiger partial charge in [0, 0.05) is 26.1 Å². The molecule has 8 heteroatoms. The van der Waals surface area contributed by atoms with Crippen LogP contribution in [0.1, 0.15) is 30.5 Å². The largest absolute Gasteiger partial charge is 0.352 e. The molecule has 0 aliphatic carbocycles. The lowest BCUT2D eigenvalue weighted by atomic mass is 10.0. The van der Waals surface area contributed by atoms with E-state index < -0.39 is 28.5 Å². The number of carbonyl (C=O) groups is 2. The van der Waals surface area contributed by atoms with Crippen molar-refractivity contribution in [1.82, 2.24) is 14.5 Å². The van der Waals surface area contributed by atoms with Crippen molar-refractivity contribution in [2.24, 2.45) is 0 Å². The molecule has 0 bridgehead atoms. The molecule has 0 saturated carbocycles. The summed E-state index contributed by atoms with van der Waals surface area (Å²) in [5.74, 6) is -0.742. The first-order valence-corrected chi connectivity index (χ1v) is 13.7. The number of rotatable bonds is 11. The molecule has 2 amide bonds. The summed E-state index contributed by atoms with van der Waals surface area (Å²) in [6.07, 6.45) is 0.298. The lowest BCUT2D eigenvalue weighted by molar-refractivity contribution is -0.141. The third kappa shape index (κ3) is 7.74. The number of nitrogens with one attached hydrogen (secondary N) is 1. The number of likely N-dealkylation sites (N-methyl/N-ethyl adjacent to an activating group) is 1. The van der Waals surface area contributed by atoms with Crippen molar-refractivity contribution in [3.63, 3.8) is 0 Å². The highest BCUT2D eigenvalue weighted by Gasteiger charge is 2.33. The number of hydrogen-bond acceptors (Lipinski definition) is 4. The zero-order valence-corrected chi connectivity index (χ0v) is 22.6. The van der Waals surface area contributed by atoms with Gasteiger partial charge >= 0.3 is 0 Å². The van der Waals surface area contributed by atoms with Gasteiger partial charge in [-0.3, -0.25) is 9.59 Å². The smallest absolute Gasteiger partial charge is 0.243 e. The Morgan fingerprint density at radius 1 is 0.838 bits per heavy atom. The van der Waals surface area contributed by atoms with Crippen LogP contribution in [0.3, 0.4) is 0 Å². The van der Waals surface area contributed by atoms with Gasteiger partial charge in [0.15, 0.2) is 0 Å². The van der Waals surface area contributed by atoms with Gasteiger partial charge in [0.25, 0.3) is 0 Å². The number of nitrogens with zero attached hydrogens (tertiary/aromatic N) is 2. The third-order valence-corrected chi connectivity index (χ3v) is 7.80. The van der Waals surface area contributed by atoms with E-state index >= 15 is 0 Å². The standard InChI is InChI=1S/C29H35N3O4S/c1-22(2)30-29(34)27(19-24-11-7-5-8-12-24)32(20-25-13-9-6-10-14-25)28(33)21-31(4)37(35,36)26-17-15-23(3)16-18-26/h5-18,22,27H,19-21H2,1-4H3,(H,30,34)/t27-/m1/s1. The van der Waals surface area contributed by atoms with Crippen LogP contribution in [0.15, 0.2) is 89.8 Å². The van der Waals surface area contributed by atoms with Crippen molar-refractivity contribution in [2.75, 3.05) is 13.6 Å². The maximum Gasteiger partial charge on any atom is 0.243 e. The molecule has 0 heterocycles. The second-order valence-electron chi connectivity index (χ2n) is 9.45. The van der Waals surface area contributed by atoms with Crippen molar-refractivity contribution in [3.8, 4) is 0 Å². The molecule has 3 aromatic rings. The molecule has 37 heavy (non-hydrogen) atoms. The summed E-state index contributed by atoms with van der Waals surface area (Å²) in [5, 5.41) is 2.93. The van der Waals surface area contributed by atoms with Crippen LogP contribution in [0, 0.1) is 6.92 Å². The molecule has 0 spiro atoms. The monoisotopic (exact) mass is 521 g/mol. The molecule has 0 unspecified atom stereocenters. The second-order valence-corrected chi connectivity index (χ2v) is 11.5. The van der Waals surface area contributed by atoms with Crippen LogP contribution in [0.4, 0.5) is 0 Å². The highest BCUT2D eigenvalue weighted by atomic mass is 32.2. The minimum atomic E-state index is -3.90. The predicted molar refractivity (Wildman–Crippen MR) is 145 cm³/mol. The van der Waals surface area contributed by atoms with Gasteiger partial charge in [-0.25, -0.2) is 8.42 Å². The van der Waals surface area contributed by atoms with Gasteiger partial charge < -0.3 is 10.2 Å². The Labute approximate surface area is 220 Å². The van der Waals surface area contributed by atoms with Crippen LogP contribution in [0.25, 0.3) is 0 Å². The Kier molecular flexibility index (Phi) is 9.60. The molecule has 0 aromatic heterocycles. The summed E-state index contributed by atoms with van der Waals surface area (Å²) < 4.78 is 27.4. The maximum atomic E-state index is 13.8. The number of sulfonamides is 1. The molecular weight excluding hydrogens is 486 g/mol. The van der Waals surface area contributed by atoms with Crippen molar-refractivity contribution >= 4 is 21.8 Å². The van der Waals surface area contributed by atoms with Crippen LogP contribution in [-0.2, 0) is 32.6 Å². The Balaban J connectivity index is 1.95. The molecule has 3 aromatic carbocycles. The molecule has 0 saturated heterocycles. The molecule has 196 valence electrons. The Morgan fingerprint density at radius 2 is 1.38 bits per heavy atom. The van der Waals surface area contributed by atoms with Crippen LogP contribution in [0.5, 0.6) is 0 Å². The van der Waals surface area contributed by atoms with Gasteiger partial charge in [0.1, 0.15) is 6.04 Å². The summed E-state index contributed by atoms with van der Waals surface area (Å²) in [6, 6.07) is 24.4. The van der Waals surface area contributed by atoms with E-state index in [-0.39, 0.29) is 23.4 Å². The van der Waals surface area contributed by atoms with Gasteiger partial charge in [-0.15, -0.1) is 0 Å². The molecule has 7 nitrogen and oxygen atoms in total. The van der Waals surface area contributed by atoms with Gasteiger partial charge in [0.2, 0.25) is 21.8 Å². The zero-order valence-electron chi connectivity index (χ0n) is 21.8. The van der Waals surface area contributed by atoms with Crippen LogP contribution in [0.2, 0.25) is 0 Å². The topological polar surface area (TPSA) is 86.8 Å². The van der Waals surface area contributed by atoms with Crippen LogP contribution >= 0.6 is 0 Å². The zero-order chi connectivity index (χ0) is 27.0. The van der Waals surface area contributed by atoms with E-state index in [1.165, 1.54) is 24.1 Å². The Hall–Kier alpha value is -3.49. The summed E-state index contributed by atoms with van der Waals surface area (Å²) in [5.41, 5.74) is 2.68. The lowest BCUT2D eigenvalue weighted by Gasteiger charge is -2.33. The maximum absolute atomic E-state index is 13.8. The Morgan fingerprint density at radius 3 is 1.92 bits per heavy atom. The lowest BCUT2D eigenvalue weighted by Crippen LogP contribution is -2.53. The molecular formula is C29H35N3O4S. The first-order valence-electron chi connectivity index (χ1n) is 12.3. The van der Waals surface area contributed by atoms with Gasteiger partial charge in [0.05, 0.1) is 11.4 Å². The summed E-state index contributed by atoms with van der Waals surface area (Å²) >= 11 is 0. The fourth-order valence-electron chi connectivity index (χ4n) is 3.97. The van der Waals surface area contributed by atoms with Crippen LogP contribution in [-0.4, -0.2) is 55.1 Å². The van der Waals surface area contributed by atoms with E-state index in [0.29, 0.717) is 6.42 Å².